The van der Waals surface area contributed by atoms with Crippen molar-refractivity contribution in [3.63, 3.8) is 0 Å². The van der Waals surface area contributed by atoms with Crippen molar-refractivity contribution < 1.29 is 18.0 Å². The summed E-state index contributed by atoms with van der Waals surface area (Å²) in [6.07, 6.45) is -2.12. The summed E-state index contributed by atoms with van der Waals surface area (Å²) in [4.78, 5) is 11.0. The molecule has 0 saturated carbocycles. The fraction of sp³-hybridized carbons (Fsp3) is 0.0667. The number of benzene rings is 2. The first kappa shape index (κ1) is 13.4. The van der Waals surface area contributed by atoms with Crippen molar-refractivity contribution >= 4 is 17.2 Å². The fourth-order valence-corrected chi connectivity index (χ4v) is 2.17. The van der Waals surface area contributed by atoms with Crippen LogP contribution in [0.3, 0.4) is 0 Å². The maximum absolute atomic E-state index is 12.6. The zero-order chi connectivity index (χ0) is 15.0. The summed E-state index contributed by atoms with van der Waals surface area (Å²) in [6, 6.07) is 9.83. The molecule has 106 valence electrons. The van der Waals surface area contributed by atoms with Crippen LogP contribution in [0.5, 0.6) is 0 Å². The molecule has 0 aliphatic carbocycles. The highest BCUT2D eigenvalue weighted by atomic mass is 19.4. The van der Waals surface area contributed by atoms with Gasteiger partial charge in [-0.2, -0.15) is 18.3 Å². The van der Waals surface area contributed by atoms with E-state index in [4.69, 9.17) is 0 Å². The second-order valence-corrected chi connectivity index (χ2v) is 4.50. The van der Waals surface area contributed by atoms with E-state index in [2.05, 4.69) is 5.10 Å². The number of aldehydes is 1. The van der Waals surface area contributed by atoms with Crippen molar-refractivity contribution in [3.05, 3.63) is 59.8 Å². The topological polar surface area (TPSA) is 34.9 Å². The van der Waals surface area contributed by atoms with Crippen molar-refractivity contribution in [3.8, 4) is 5.69 Å². The van der Waals surface area contributed by atoms with Crippen LogP contribution in [0.25, 0.3) is 16.6 Å². The minimum atomic E-state index is -4.37. The van der Waals surface area contributed by atoms with Gasteiger partial charge in [-0.25, -0.2) is 4.68 Å². The van der Waals surface area contributed by atoms with Crippen molar-refractivity contribution in [1.29, 1.82) is 0 Å². The minimum absolute atomic E-state index is 0.491. The Morgan fingerprint density at radius 3 is 2.38 bits per heavy atom. The first-order valence-electron chi connectivity index (χ1n) is 6.10. The number of rotatable bonds is 2. The first-order chi connectivity index (χ1) is 10.0. The van der Waals surface area contributed by atoms with Gasteiger partial charge in [0, 0.05) is 10.9 Å². The standard InChI is InChI=1S/C15H9F3N2O/c16-15(17,18)11-4-6-12(7-5-11)20-14-3-1-2-10(9-21)13(14)8-19-20/h1-9H. The third kappa shape index (κ3) is 2.29. The molecule has 0 bridgehead atoms. The summed E-state index contributed by atoms with van der Waals surface area (Å²) in [5, 5.41) is 4.80. The third-order valence-electron chi connectivity index (χ3n) is 3.21. The second-order valence-electron chi connectivity index (χ2n) is 4.50. The van der Waals surface area contributed by atoms with E-state index in [1.807, 2.05) is 0 Å². The molecule has 3 nitrogen and oxygen atoms in total. The lowest BCUT2D eigenvalue weighted by Crippen LogP contribution is -2.05. The van der Waals surface area contributed by atoms with Crippen molar-refractivity contribution in [2.24, 2.45) is 0 Å². The van der Waals surface area contributed by atoms with E-state index in [-0.39, 0.29) is 0 Å². The van der Waals surface area contributed by atoms with Gasteiger partial charge in [0.15, 0.2) is 6.29 Å². The van der Waals surface area contributed by atoms with Crippen LogP contribution in [0.15, 0.2) is 48.7 Å². The van der Waals surface area contributed by atoms with Crippen molar-refractivity contribution in [2.75, 3.05) is 0 Å². The molecule has 0 atom stereocenters. The fourth-order valence-electron chi connectivity index (χ4n) is 2.17. The first-order valence-corrected chi connectivity index (χ1v) is 6.10. The highest BCUT2D eigenvalue weighted by Gasteiger charge is 2.30. The van der Waals surface area contributed by atoms with Crippen LogP contribution in [-0.4, -0.2) is 16.1 Å². The molecular formula is C15H9F3N2O. The van der Waals surface area contributed by atoms with E-state index in [0.717, 1.165) is 18.4 Å². The van der Waals surface area contributed by atoms with Gasteiger partial charge >= 0.3 is 6.18 Å². The van der Waals surface area contributed by atoms with E-state index < -0.39 is 11.7 Å². The van der Waals surface area contributed by atoms with Gasteiger partial charge < -0.3 is 0 Å². The minimum Gasteiger partial charge on any atom is -0.298 e. The zero-order valence-electron chi connectivity index (χ0n) is 10.6. The lowest BCUT2D eigenvalue weighted by atomic mass is 10.1. The summed E-state index contributed by atoms with van der Waals surface area (Å²) < 4.78 is 39.2. The lowest BCUT2D eigenvalue weighted by Gasteiger charge is -2.08. The summed E-state index contributed by atoms with van der Waals surface area (Å²) in [5.74, 6) is 0. The monoisotopic (exact) mass is 290 g/mol. The molecule has 2 aromatic carbocycles. The molecule has 0 aliphatic heterocycles. The van der Waals surface area contributed by atoms with Gasteiger partial charge in [0.2, 0.25) is 0 Å². The molecule has 1 aromatic heterocycles. The number of hydrogen-bond donors (Lipinski definition) is 0. The molecule has 3 aromatic rings. The van der Waals surface area contributed by atoms with Crippen LogP contribution in [0.1, 0.15) is 15.9 Å². The summed E-state index contributed by atoms with van der Waals surface area (Å²) in [7, 11) is 0. The normalized spacial score (nSPS) is 11.8. The van der Waals surface area contributed by atoms with Crippen LogP contribution in [0, 0.1) is 0 Å². The van der Waals surface area contributed by atoms with E-state index in [9.17, 15) is 18.0 Å². The van der Waals surface area contributed by atoms with E-state index in [0.29, 0.717) is 22.2 Å². The number of fused-ring (bicyclic) bond motifs is 1. The van der Waals surface area contributed by atoms with Gasteiger partial charge in [0.1, 0.15) is 0 Å². The predicted octanol–water partition coefficient (Wildman–Crippen LogP) is 3.86. The predicted molar refractivity (Wildman–Crippen MR) is 71.5 cm³/mol. The molecule has 0 N–H and O–H groups in total. The Morgan fingerprint density at radius 2 is 1.76 bits per heavy atom. The van der Waals surface area contributed by atoms with Gasteiger partial charge in [-0.05, 0) is 30.3 Å². The number of hydrogen-bond acceptors (Lipinski definition) is 2. The van der Waals surface area contributed by atoms with Gasteiger partial charge in [-0.1, -0.05) is 12.1 Å². The van der Waals surface area contributed by atoms with Gasteiger partial charge in [0.25, 0.3) is 0 Å². The SMILES string of the molecule is O=Cc1cccc2c1cnn2-c1ccc(C(F)(F)F)cc1. The zero-order valence-corrected chi connectivity index (χ0v) is 10.6. The molecule has 0 radical (unpaired) electrons. The molecule has 3 rings (SSSR count). The maximum atomic E-state index is 12.6. The second kappa shape index (κ2) is 4.73. The number of alkyl halides is 3. The molecule has 0 amide bonds. The molecule has 0 unspecified atom stereocenters. The van der Waals surface area contributed by atoms with Gasteiger partial charge in [-0.3, -0.25) is 4.79 Å². The van der Waals surface area contributed by atoms with Crippen molar-refractivity contribution in [2.45, 2.75) is 6.18 Å². The van der Waals surface area contributed by atoms with Crippen LogP contribution in [0.2, 0.25) is 0 Å². The molecule has 1 heterocycles. The number of halogens is 3. The van der Waals surface area contributed by atoms with Crippen LogP contribution in [0.4, 0.5) is 13.2 Å². The molecule has 6 heteroatoms. The molecule has 0 aliphatic rings. The quantitative estimate of drug-likeness (QED) is 0.672. The largest absolute Gasteiger partial charge is 0.416 e. The van der Waals surface area contributed by atoms with E-state index >= 15 is 0 Å². The summed E-state index contributed by atoms with van der Waals surface area (Å²) in [5.41, 5.74) is 0.947. The van der Waals surface area contributed by atoms with Crippen LogP contribution < -0.4 is 0 Å². The summed E-state index contributed by atoms with van der Waals surface area (Å²) >= 11 is 0. The molecule has 21 heavy (non-hydrogen) atoms. The third-order valence-corrected chi connectivity index (χ3v) is 3.21. The number of carbonyl (C=O) groups is 1. The van der Waals surface area contributed by atoms with Crippen LogP contribution in [-0.2, 0) is 6.18 Å². The van der Waals surface area contributed by atoms with Gasteiger partial charge in [0.05, 0.1) is 23.0 Å². The average molecular weight is 290 g/mol. The lowest BCUT2D eigenvalue weighted by molar-refractivity contribution is -0.137. The average Bonchev–Trinajstić information content (AvgIpc) is 2.90. The number of nitrogens with zero attached hydrogens (tertiary/aromatic N) is 2. The van der Waals surface area contributed by atoms with Gasteiger partial charge in [-0.15, -0.1) is 0 Å². The van der Waals surface area contributed by atoms with E-state index in [1.54, 1.807) is 18.2 Å². The molecule has 0 spiro atoms. The Hall–Kier alpha value is -2.63. The Balaban J connectivity index is 2.11. The maximum Gasteiger partial charge on any atom is 0.416 e. The Morgan fingerprint density at radius 1 is 1.05 bits per heavy atom. The Bertz CT molecular complexity index is 804. The molecule has 0 saturated heterocycles. The highest BCUT2D eigenvalue weighted by Crippen LogP contribution is 2.30. The number of aromatic nitrogens is 2. The molecule has 0 fully saturated rings. The van der Waals surface area contributed by atoms with E-state index in [1.165, 1.54) is 23.0 Å². The number of carbonyl (C=O) groups excluding carboxylic acids is 1. The molecular weight excluding hydrogens is 281 g/mol. The summed E-state index contributed by atoms with van der Waals surface area (Å²) in [6.45, 7) is 0. The van der Waals surface area contributed by atoms with Crippen molar-refractivity contribution in [1.82, 2.24) is 9.78 Å². The Kier molecular flexibility index (Phi) is 3.01. The smallest absolute Gasteiger partial charge is 0.298 e. The van der Waals surface area contributed by atoms with Crippen LogP contribution >= 0.6 is 0 Å². The Labute approximate surface area is 117 Å². The highest BCUT2D eigenvalue weighted by molar-refractivity contribution is 5.96.